The van der Waals surface area contributed by atoms with Crippen LogP contribution in [0.15, 0.2) is 73.1 Å². The largest absolute Gasteiger partial charge is 0.383 e. The van der Waals surface area contributed by atoms with Crippen LogP contribution in [0, 0.1) is 6.92 Å². The zero-order valence-corrected chi connectivity index (χ0v) is 15.5. The lowest BCUT2D eigenvalue weighted by Crippen LogP contribution is -1.96. The number of rotatable bonds is 2. The van der Waals surface area contributed by atoms with Crippen LogP contribution < -0.4 is 5.73 Å². The number of benzene rings is 2. The minimum absolute atomic E-state index is 0.653. The summed E-state index contributed by atoms with van der Waals surface area (Å²) in [4.78, 5) is 4.90. The standard InChI is InChI=1S/C22H17ClN4/c1-14-4-2-3-5-17(14)20-21(24)27-13-11-19-18(22(27)25-20)10-12-26(19)16-8-6-15(23)7-9-16/h2-13H,24H2,1H3. The number of anilines is 1. The molecule has 0 saturated heterocycles. The number of nitrogens with two attached hydrogens (primary N) is 1. The number of aryl methyl sites for hydroxylation is 1. The zero-order valence-electron chi connectivity index (χ0n) is 14.7. The summed E-state index contributed by atoms with van der Waals surface area (Å²) >= 11 is 6.02. The molecular formula is C22H17ClN4. The molecule has 27 heavy (non-hydrogen) atoms. The number of nitrogens with zero attached hydrogens (tertiary/aromatic N) is 3. The van der Waals surface area contributed by atoms with Gasteiger partial charge in [0.1, 0.15) is 17.2 Å². The molecule has 0 bridgehead atoms. The molecule has 0 radical (unpaired) electrons. The highest BCUT2D eigenvalue weighted by Gasteiger charge is 2.16. The fourth-order valence-corrected chi connectivity index (χ4v) is 3.72. The molecule has 0 fully saturated rings. The molecule has 0 aliphatic rings. The second kappa shape index (κ2) is 5.89. The van der Waals surface area contributed by atoms with E-state index in [9.17, 15) is 0 Å². The van der Waals surface area contributed by atoms with Gasteiger partial charge in [0.25, 0.3) is 0 Å². The van der Waals surface area contributed by atoms with Gasteiger partial charge in [0.15, 0.2) is 0 Å². The quantitative estimate of drug-likeness (QED) is 0.445. The highest BCUT2D eigenvalue weighted by molar-refractivity contribution is 6.30. The summed E-state index contributed by atoms with van der Waals surface area (Å²) in [5.41, 5.74) is 12.5. The van der Waals surface area contributed by atoms with Crippen LogP contribution >= 0.6 is 11.6 Å². The Hall–Kier alpha value is -3.24. The van der Waals surface area contributed by atoms with Crippen molar-refractivity contribution in [2.75, 3.05) is 5.73 Å². The van der Waals surface area contributed by atoms with Crippen molar-refractivity contribution >= 4 is 34.0 Å². The summed E-state index contributed by atoms with van der Waals surface area (Å²) in [5, 5.41) is 1.78. The predicted molar refractivity (Wildman–Crippen MR) is 112 cm³/mol. The van der Waals surface area contributed by atoms with E-state index in [0.717, 1.165) is 44.1 Å². The topological polar surface area (TPSA) is 48.2 Å². The van der Waals surface area contributed by atoms with Gasteiger partial charge in [0.05, 0.1) is 5.52 Å². The average Bonchev–Trinajstić information content (AvgIpc) is 3.24. The lowest BCUT2D eigenvalue weighted by Gasteiger charge is -2.06. The number of halogens is 1. The monoisotopic (exact) mass is 372 g/mol. The molecule has 0 amide bonds. The van der Waals surface area contributed by atoms with E-state index < -0.39 is 0 Å². The lowest BCUT2D eigenvalue weighted by molar-refractivity contribution is 1.12. The summed E-state index contributed by atoms with van der Waals surface area (Å²) in [6.07, 6.45) is 4.03. The number of nitrogen functional groups attached to an aromatic ring is 1. The number of aromatic nitrogens is 3. The Kier molecular flexibility index (Phi) is 3.49. The first-order chi connectivity index (χ1) is 13.1. The van der Waals surface area contributed by atoms with Crippen molar-refractivity contribution in [2.45, 2.75) is 6.92 Å². The molecule has 3 heterocycles. The van der Waals surface area contributed by atoms with Crippen LogP contribution in [0.5, 0.6) is 0 Å². The first-order valence-corrected chi connectivity index (χ1v) is 9.11. The van der Waals surface area contributed by atoms with Crippen LogP contribution in [0.1, 0.15) is 5.56 Å². The van der Waals surface area contributed by atoms with E-state index in [0.29, 0.717) is 5.82 Å². The third kappa shape index (κ3) is 2.41. The van der Waals surface area contributed by atoms with Crippen LogP contribution in [0.3, 0.4) is 0 Å². The summed E-state index contributed by atoms with van der Waals surface area (Å²) in [7, 11) is 0. The first-order valence-electron chi connectivity index (χ1n) is 8.73. The van der Waals surface area contributed by atoms with Crippen LogP contribution in [-0.2, 0) is 0 Å². The Labute approximate surface area is 161 Å². The zero-order chi connectivity index (χ0) is 18.5. The van der Waals surface area contributed by atoms with Gasteiger partial charge in [0, 0.05) is 34.1 Å². The fraction of sp³-hybridized carbons (Fsp3) is 0.0455. The van der Waals surface area contributed by atoms with E-state index in [4.69, 9.17) is 22.3 Å². The molecule has 5 aromatic rings. The summed E-state index contributed by atoms with van der Waals surface area (Å²) < 4.78 is 4.08. The molecule has 2 N–H and O–H groups in total. The van der Waals surface area contributed by atoms with Crippen LogP contribution in [0.2, 0.25) is 5.02 Å². The van der Waals surface area contributed by atoms with Crippen LogP contribution in [0.25, 0.3) is 33.5 Å². The number of hydrogen-bond donors (Lipinski definition) is 1. The molecule has 0 spiro atoms. The maximum atomic E-state index is 6.44. The summed E-state index contributed by atoms with van der Waals surface area (Å²) in [6.45, 7) is 2.07. The van der Waals surface area contributed by atoms with Crippen LogP contribution in [-0.4, -0.2) is 14.0 Å². The van der Waals surface area contributed by atoms with Crippen molar-refractivity contribution in [3.63, 3.8) is 0 Å². The Morgan fingerprint density at radius 3 is 2.48 bits per heavy atom. The third-order valence-electron chi connectivity index (χ3n) is 5.00. The first kappa shape index (κ1) is 16.0. The number of pyridine rings is 1. The lowest BCUT2D eigenvalue weighted by atomic mass is 10.1. The molecular weight excluding hydrogens is 356 g/mol. The van der Waals surface area contributed by atoms with E-state index >= 15 is 0 Å². The van der Waals surface area contributed by atoms with E-state index in [1.54, 1.807) is 0 Å². The van der Waals surface area contributed by atoms with Crippen molar-refractivity contribution in [1.29, 1.82) is 0 Å². The van der Waals surface area contributed by atoms with Gasteiger partial charge in [-0.25, -0.2) is 4.98 Å². The predicted octanol–water partition coefficient (Wildman–Crippen LogP) is 5.49. The maximum absolute atomic E-state index is 6.44. The third-order valence-corrected chi connectivity index (χ3v) is 5.25. The Morgan fingerprint density at radius 1 is 0.926 bits per heavy atom. The summed E-state index contributed by atoms with van der Waals surface area (Å²) in [5.74, 6) is 0.653. The van der Waals surface area contributed by atoms with Gasteiger partial charge >= 0.3 is 0 Å². The molecule has 5 rings (SSSR count). The van der Waals surface area contributed by atoms with Crippen molar-refractivity contribution in [1.82, 2.24) is 14.0 Å². The number of imidazole rings is 1. The Balaban J connectivity index is 1.76. The Morgan fingerprint density at radius 2 is 1.70 bits per heavy atom. The van der Waals surface area contributed by atoms with E-state index in [-0.39, 0.29) is 0 Å². The number of hydrogen-bond acceptors (Lipinski definition) is 2. The van der Waals surface area contributed by atoms with Gasteiger partial charge in [-0.05, 0) is 48.9 Å². The molecule has 0 aliphatic carbocycles. The second-order valence-corrected chi connectivity index (χ2v) is 7.07. The molecule has 2 aromatic carbocycles. The smallest absolute Gasteiger partial charge is 0.148 e. The van der Waals surface area contributed by atoms with E-state index in [1.165, 1.54) is 0 Å². The van der Waals surface area contributed by atoms with Crippen molar-refractivity contribution in [3.8, 4) is 16.9 Å². The van der Waals surface area contributed by atoms with E-state index in [1.807, 2.05) is 53.2 Å². The normalized spacial score (nSPS) is 11.5. The second-order valence-electron chi connectivity index (χ2n) is 6.63. The molecule has 5 heteroatoms. The minimum atomic E-state index is 0.653. The highest BCUT2D eigenvalue weighted by Crippen LogP contribution is 2.32. The highest BCUT2D eigenvalue weighted by atomic mass is 35.5. The average molecular weight is 373 g/mol. The summed E-state index contributed by atoms with van der Waals surface area (Å²) in [6, 6.07) is 20.1. The fourth-order valence-electron chi connectivity index (χ4n) is 3.60. The van der Waals surface area contributed by atoms with Crippen molar-refractivity contribution in [3.05, 3.63) is 83.6 Å². The molecule has 0 aliphatic heterocycles. The van der Waals surface area contributed by atoms with Gasteiger partial charge in [-0.15, -0.1) is 0 Å². The molecule has 0 unspecified atom stereocenters. The van der Waals surface area contributed by atoms with Gasteiger partial charge in [-0.1, -0.05) is 35.9 Å². The molecule has 3 aromatic heterocycles. The SMILES string of the molecule is Cc1ccccc1-c1nc2c3ccn(-c4ccc(Cl)cc4)c3ccn2c1N. The molecule has 4 nitrogen and oxygen atoms in total. The maximum Gasteiger partial charge on any atom is 0.148 e. The molecule has 0 atom stereocenters. The molecule has 132 valence electrons. The van der Waals surface area contributed by atoms with Crippen molar-refractivity contribution < 1.29 is 0 Å². The van der Waals surface area contributed by atoms with Crippen molar-refractivity contribution in [2.24, 2.45) is 0 Å². The van der Waals surface area contributed by atoms with Gasteiger partial charge in [-0.2, -0.15) is 0 Å². The minimum Gasteiger partial charge on any atom is -0.383 e. The van der Waals surface area contributed by atoms with Gasteiger partial charge < -0.3 is 10.3 Å². The van der Waals surface area contributed by atoms with Gasteiger partial charge in [0.2, 0.25) is 0 Å². The molecule has 0 saturated carbocycles. The van der Waals surface area contributed by atoms with Gasteiger partial charge in [-0.3, -0.25) is 4.40 Å². The van der Waals surface area contributed by atoms with Crippen LogP contribution in [0.4, 0.5) is 5.82 Å². The Bertz CT molecular complexity index is 1300. The van der Waals surface area contributed by atoms with E-state index in [2.05, 4.69) is 35.8 Å². The number of fused-ring (bicyclic) bond motifs is 3.